The number of rotatable bonds is 11. The highest BCUT2D eigenvalue weighted by Crippen LogP contribution is 2.15. The number of ether oxygens (including phenoxy) is 1. The summed E-state index contributed by atoms with van der Waals surface area (Å²) in [6.07, 6.45) is 3.07. The molecule has 0 fully saturated rings. The molecule has 1 atom stereocenters. The first kappa shape index (κ1) is 19.4. The summed E-state index contributed by atoms with van der Waals surface area (Å²) >= 11 is 0. The zero-order chi connectivity index (χ0) is 15.6. The third-order valence-corrected chi connectivity index (χ3v) is 3.34. The van der Waals surface area contributed by atoms with Gasteiger partial charge in [-0.15, -0.1) is 0 Å². The van der Waals surface area contributed by atoms with Crippen molar-refractivity contribution in [3.8, 4) is 0 Å². The van der Waals surface area contributed by atoms with Gasteiger partial charge in [-0.05, 0) is 60.0 Å². The fraction of sp³-hybridized carbons (Fsp3) is 0.938. The second-order valence-corrected chi connectivity index (χ2v) is 5.94. The summed E-state index contributed by atoms with van der Waals surface area (Å²) in [6, 6.07) is 0.259. The zero-order valence-corrected chi connectivity index (χ0v) is 14.3. The average Bonchev–Trinajstić information content (AvgIpc) is 2.36. The Hall–Kier alpha value is -0.610. The molecule has 0 aliphatic carbocycles. The molecule has 0 rings (SSSR count). The van der Waals surface area contributed by atoms with Crippen LogP contribution >= 0.6 is 0 Å². The van der Waals surface area contributed by atoms with Gasteiger partial charge in [0.1, 0.15) is 5.54 Å². The summed E-state index contributed by atoms with van der Waals surface area (Å²) in [5.41, 5.74) is -0.593. The van der Waals surface area contributed by atoms with Crippen molar-refractivity contribution >= 4 is 5.97 Å². The van der Waals surface area contributed by atoms with E-state index in [-0.39, 0.29) is 12.0 Å². The Bertz CT molecular complexity index is 263. The third kappa shape index (κ3) is 7.25. The highest BCUT2D eigenvalue weighted by Gasteiger charge is 2.35. The van der Waals surface area contributed by atoms with Crippen LogP contribution in [0.25, 0.3) is 0 Å². The van der Waals surface area contributed by atoms with Gasteiger partial charge in [0.05, 0.1) is 6.61 Å². The van der Waals surface area contributed by atoms with Crippen LogP contribution in [0.5, 0.6) is 0 Å². The van der Waals surface area contributed by atoms with Gasteiger partial charge in [0.15, 0.2) is 0 Å². The van der Waals surface area contributed by atoms with Crippen molar-refractivity contribution in [2.75, 3.05) is 26.2 Å². The molecule has 4 heteroatoms. The topological polar surface area (TPSA) is 41.6 Å². The standard InChI is InChI=1S/C16H34N2O2/c1-7-11-18(12-8-2)13-10-16(6,17-14(4)5)15(19)20-9-3/h14,17H,7-13H2,1-6H3. The minimum Gasteiger partial charge on any atom is -0.465 e. The first-order valence-electron chi connectivity index (χ1n) is 8.06. The Labute approximate surface area is 125 Å². The van der Waals surface area contributed by atoms with Crippen molar-refractivity contribution in [3.05, 3.63) is 0 Å². The molecule has 0 aromatic rings. The number of carbonyl (C=O) groups is 1. The molecule has 0 radical (unpaired) electrons. The van der Waals surface area contributed by atoms with Crippen LogP contribution in [-0.4, -0.2) is 48.7 Å². The molecule has 0 heterocycles. The van der Waals surface area contributed by atoms with E-state index in [2.05, 4.69) is 37.9 Å². The molecule has 1 unspecified atom stereocenters. The maximum absolute atomic E-state index is 12.2. The zero-order valence-electron chi connectivity index (χ0n) is 14.3. The number of hydrogen-bond donors (Lipinski definition) is 1. The molecule has 0 aliphatic rings. The van der Waals surface area contributed by atoms with Gasteiger partial charge in [0.2, 0.25) is 0 Å². The van der Waals surface area contributed by atoms with E-state index >= 15 is 0 Å². The van der Waals surface area contributed by atoms with Gasteiger partial charge in [-0.3, -0.25) is 10.1 Å². The van der Waals surface area contributed by atoms with Crippen molar-refractivity contribution in [2.24, 2.45) is 0 Å². The number of esters is 1. The Kier molecular flexibility index (Phi) is 9.86. The van der Waals surface area contributed by atoms with Gasteiger partial charge < -0.3 is 9.64 Å². The predicted molar refractivity (Wildman–Crippen MR) is 84.9 cm³/mol. The first-order chi connectivity index (χ1) is 9.39. The van der Waals surface area contributed by atoms with Crippen molar-refractivity contribution < 1.29 is 9.53 Å². The molecule has 0 aliphatic heterocycles. The summed E-state index contributed by atoms with van der Waals surface area (Å²) in [6.45, 7) is 15.9. The second kappa shape index (κ2) is 10.2. The number of nitrogens with one attached hydrogen (secondary N) is 1. The number of hydrogen-bond acceptors (Lipinski definition) is 4. The number of nitrogens with zero attached hydrogens (tertiary/aromatic N) is 1. The molecule has 120 valence electrons. The molecule has 0 spiro atoms. The van der Waals surface area contributed by atoms with Crippen LogP contribution in [-0.2, 0) is 9.53 Å². The quantitative estimate of drug-likeness (QED) is 0.593. The van der Waals surface area contributed by atoms with E-state index in [0.29, 0.717) is 6.61 Å². The monoisotopic (exact) mass is 286 g/mol. The van der Waals surface area contributed by atoms with E-state index in [1.165, 1.54) is 0 Å². The summed E-state index contributed by atoms with van der Waals surface area (Å²) in [4.78, 5) is 14.7. The van der Waals surface area contributed by atoms with Crippen LogP contribution in [0.4, 0.5) is 0 Å². The maximum atomic E-state index is 12.2. The molecule has 0 bridgehead atoms. The van der Waals surface area contributed by atoms with E-state index in [1.807, 2.05) is 13.8 Å². The number of carbonyl (C=O) groups excluding carboxylic acids is 1. The molecule has 0 aromatic heterocycles. The lowest BCUT2D eigenvalue weighted by Crippen LogP contribution is -2.54. The van der Waals surface area contributed by atoms with Gasteiger partial charge in [0, 0.05) is 12.6 Å². The van der Waals surface area contributed by atoms with Crippen LogP contribution in [0, 0.1) is 0 Å². The Balaban J connectivity index is 4.66. The van der Waals surface area contributed by atoms with E-state index in [1.54, 1.807) is 0 Å². The summed E-state index contributed by atoms with van der Waals surface area (Å²) in [5, 5.41) is 3.38. The highest BCUT2D eigenvalue weighted by atomic mass is 16.5. The van der Waals surface area contributed by atoms with E-state index in [0.717, 1.165) is 38.9 Å². The SMILES string of the molecule is CCCN(CCC)CCC(C)(NC(C)C)C(=O)OCC. The summed E-state index contributed by atoms with van der Waals surface area (Å²) in [7, 11) is 0. The fourth-order valence-corrected chi connectivity index (χ4v) is 2.51. The van der Waals surface area contributed by atoms with Crippen molar-refractivity contribution in [2.45, 2.75) is 72.4 Å². The molecule has 0 saturated carbocycles. The maximum Gasteiger partial charge on any atom is 0.326 e. The van der Waals surface area contributed by atoms with E-state index in [4.69, 9.17) is 4.74 Å². The van der Waals surface area contributed by atoms with Gasteiger partial charge in [0.25, 0.3) is 0 Å². The first-order valence-corrected chi connectivity index (χ1v) is 8.06. The molecule has 0 amide bonds. The van der Waals surface area contributed by atoms with Crippen molar-refractivity contribution in [1.82, 2.24) is 10.2 Å². The van der Waals surface area contributed by atoms with Crippen LogP contribution in [0.2, 0.25) is 0 Å². The molecular formula is C16H34N2O2. The van der Waals surface area contributed by atoms with E-state index < -0.39 is 5.54 Å². The molecule has 20 heavy (non-hydrogen) atoms. The average molecular weight is 286 g/mol. The highest BCUT2D eigenvalue weighted by molar-refractivity contribution is 5.80. The van der Waals surface area contributed by atoms with Crippen LogP contribution < -0.4 is 5.32 Å². The van der Waals surface area contributed by atoms with E-state index in [9.17, 15) is 4.79 Å². The van der Waals surface area contributed by atoms with Crippen molar-refractivity contribution in [1.29, 1.82) is 0 Å². The second-order valence-electron chi connectivity index (χ2n) is 5.94. The minimum absolute atomic E-state index is 0.137. The van der Waals surface area contributed by atoms with Crippen molar-refractivity contribution in [3.63, 3.8) is 0 Å². The minimum atomic E-state index is -0.593. The molecular weight excluding hydrogens is 252 g/mol. The predicted octanol–water partition coefficient (Wildman–Crippen LogP) is 2.82. The lowest BCUT2D eigenvalue weighted by Gasteiger charge is -2.33. The summed E-state index contributed by atoms with van der Waals surface area (Å²) < 4.78 is 5.24. The van der Waals surface area contributed by atoms with Gasteiger partial charge in [-0.2, -0.15) is 0 Å². The largest absolute Gasteiger partial charge is 0.465 e. The van der Waals surface area contributed by atoms with Crippen LogP contribution in [0.3, 0.4) is 0 Å². The smallest absolute Gasteiger partial charge is 0.326 e. The van der Waals surface area contributed by atoms with Gasteiger partial charge in [-0.1, -0.05) is 13.8 Å². The van der Waals surface area contributed by atoms with Gasteiger partial charge in [-0.25, -0.2) is 0 Å². The normalized spacial score (nSPS) is 14.6. The Morgan fingerprint density at radius 1 is 1.15 bits per heavy atom. The fourth-order valence-electron chi connectivity index (χ4n) is 2.51. The lowest BCUT2D eigenvalue weighted by atomic mass is 9.96. The third-order valence-electron chi connectivity index (χ3n) is 3.34. The molecule has 4 nitrogen and oxygen atoms in total. The van der Waals surface area contributed by atoms with Crippen LogP contribution in [0.1, 0.15) is 60.8 Å². The Morgan fingerprint density at radius 3 is 2.10 bits per heavy atom. The molecule has 0 aromatic carbocycles. The Morgan fingerprint density at radius 2 is 1.70 bits per heavy atom. The van der Waals surface area contributed by atoms with Gasteiger partial charge >= 0.3 is 5.97 Å². The molecule has 0 saturated heterocycles. The van der Waals surface area contributed by atoms with Crippen LogP contribution in [0.15, 0.2) is 0 Å². The molecule has 1 N–H and O–H groups in total. The summed E-state index contributed by atoms with van der Waals surface area (Å²) in [5.74, 6) is -0.137. The lowest BCUT2D eigenvalue weighted by molar-refractivity contribution is -0.151.